The molecule has 0 aliphatic heterocycles. The molecule has 0 fully saturated rings. The van der Waals surface area contributed by atoms with Crippen LogP contribution in [0.15, 0.2) is 79.1 Å². The third kappa shape index (κ3) is 3.60. The molecule has 0 N–H and O–H groups in total. The van der Waals surface area contributed by atoms with E-state index < -0.39 is 5.92 Å². The van der Waals surface area contributed by atoms with E-state index in [1.54, 1.807) is 48.8 Å². The van der Waals surface area contributed by atoms with Crippen molar-refractivity contribution in [2.24, 2.45) is 0 Å². The summed E-state index contributed by atoms with van der Waals surface area (Å²) in [5, 5.41) is 0. The Bertz CT molecular complexity index is 818. The number of nitrogens with zero attached hydrogens (tertiary/aromatic N) is 2. The molecular formula is C20H16N2O2. The summed E-state index contributed by atoms with van der Waals surface area (Å²) >= 11 is 0. The number of rotatable bonds is 6. The lowest BCUT2D eigenvalue weighted by molar-refractivity contribution is 0.0888. The molecule has 1 unspecified atom stereocenters. The maximum Gasteiger partial charge on any atom is 0.189 e. The van der Waals surface area contributed by atoms with Crippen molar-refractivity contribution in [1.82, 2.24) is 9.97 Å². The lowest BCUT2D eigenvalue weighted by atomic mass is 9.87. The van der Waals surface area contributed by atoms with Crippen LogP contribution in [0.25, 0.3) is 0 Å². The highest BCUT2D eigenvalue weighted by Gasteiger charge is 2.26. The lowest BCUT2D eigenvalue weighted by Crippen LogP contribution is -2.18. The zero-order valence-electron chi connectivity index (χ0n) is 13.0. The lowest BCUT2D eigenvalue weighted by Gasteiger charge is -2.15. The molecule has 24 heavy (non-hydrogen) atoms. The number of ketones is 2. The van der Waals surface area contributed by atoms with E-state index in [0.29, 0.717) is 11.4 Å². The molecule has 0 saturated carbocycles. The number of hydrogen-bond acceptors (Lipinski definition) is 4. The third-order valence-corrected chi connectivity index (χ3v) is 3.78. The third-order valence-electron chi connectivity index (χ3n) is 3.78. The SMILES string of the molecule is O=C(CC(C(=O)c1ccccn1)c1ccccc1)c1ccccn1. The summed E-state index contributed by atoms with van der Waals surface area (Å²) in [4.78, 5) is 33.6. The van der Waals surface area contributed by atoms with Crippen molar-refractivity contribution in [2.75, 3.05) is 0 Å². The van der Waals surface area contributed by atoms with Gasteiger partial charge in [0.15, 0.2) is 11.6 Å². The summed E-state index contributed by atoms with van der Waals surface area (Å²) in [7, 11) is 0. The van der Waals surface area contributed by atoms with Gasteiger partial charge in [-0.3, -0.25) is 19.6 Å². The van der Waals surface area contributed by atoms with Crippen LogP contribution in [0, 0.1) is 0 Å². The van der Waals surface area contributed by atoms with Gasteiger partial charge in [-0.2, -0.15) is 0 Å². The maximum atomic E-state index is 12.9. The standard InChI is InChI=1S/C20H16N2O2/c23-19(17-10-4-6-12-21-17)14-16(15-8-2-1-3-9-15)20(24)18-11-5-7-13-22-18/h1-13,16H,14H2. The molecule has 0 radical (unpaired) electrons. The molecule has 118 valence electrons. The smallest absolute Gasteiger partial charge is 0.189 e. The zero-order valence-corrected chi connectivity index (χ0v) is 13.0. The number of Topliss-reactive ketones (excluding diaryl/α,β-unsaturated/α-hetero) is 2. The predicted molar refractivity (Wildman–Crippen MR) is 90.9 cm³/mol. The largest absolute Gasteiger partial charge is 0.292 e. The van der Waals surface area contributed by atoms with Crippen LogP contribution in [0.4, 0.5) is 0 Å². The quantitative estimate of drug-likeness (QED) is 0.650. The fourth-order valence-electron chi connectivity index (χ4n) is 2.55. The van der Waals surface area contributed by atoms with Crippen LogP contribution in [0.3, 0.4) is 0 Å². The second kappa shape index (κ2) is 7.42. The van der Waals surface area contributed by atoms with Gasteiger partial charge in [0.25, 0.3) is 0 Å². The van der Waals surface area contributed by atoms with Crippen LogP contribution in [0.1, 0.15) is 38.9 Å². The molecule has 0 bridgehead atoms. The van der Waals surface area contributed by atoms with Gasteiger partial charge in [0.05, 0.1) is 5.92 Å². The Morgan fingerprint density at radius 1 is 0.750 bits per heavy atom. The van der Waals surface area contributed by atoms with Crippen molar-refractivity contribution in [3.8, 4) is 0 Å². The minimum atomic E-state index is -0.574. The highest BCUT2D eigenvalue weighted by Crippen LogP contribution is 2.25. The number of carbonyl (C=O) groups excluding carboxylic acids is 2. The second-order valence-corrected chi connectivity index (χ2v) is 5.38. The van der Waals surface area contributed by atoms with Gasteiger partial charge in [0.2, 0.25) is 0 Å². The van der Waals surface area contributed by atoms with E-state index in [2.05, 4.69) is 9.97 Å². The summed E-state index contributed by atoms with van der Waals surface area (Å²) in [5.41, 5.74) is 1.53. The number of aromatic nitrogens is 2. The topological polar surface area (TPSA) is 59.9 Å². The van der Waals surface area contributed by atoms with Crippen molar-refractivity contribution >= 4 is 11.6 Å². The van der Waals surface area contributed by atoms with Gasteiger partial charge in [-0.25, -0.2) is 0 Å². The molecule has 0 spiro atoms. The summed E-state index contributed by atoms with van der Waals surface area (Å²) in [6, 6.07) is 19.7. The molecule has 2 aromatic heterocycles. The number of carbonyl (C=O) groups is 2. The van der Waals surface area contributed by atoms with Crippen LogP contribution >= 0.6 is 0 Å². The van der Waals surface area contributed by atoms with Crippen molar-refractivity contribution in [2.45, 2.75) is 12.3 Å². The molecule has 0 aliphatic rings. The maximum absolute atomic E-state index is 12.9. The molecular weight excluding hydrogens is 300 g/mol. The van der Waals surface area contributed by atoms with E-state index in [4.69, 9.17) is 0 Å². The van der Waals surface area contributed by atoms with Crippen molar-refractivity contribution in [3.63, 3.8) is 0 Å². The summed E-state index contributed by atoms with van der Waals surface area (Å²) in [6.45, 7) is 0. The fraction of sp³-hybridized carbons (Fsp3) is 0.100. The highest BCUT2D eigenvalue weighted by atomic mass is 16.1. The Kier molecular flexibility index (Phi) is 4.87. The van der Waals surface area contributed by atoms with E-state index in [1.165, 1.54) is 0 Å². The molecule has 3 rings (SSSR count). The van der Waals surface area contributed by atoms with Gasteiger partial charge in [-0.1, -0.05) is 42.5 Å². The molecule has 0 aliphatic carbocycles. The second-order valence-electron chi connectivity index (χ2n) is 5.38. The van der Waals surface area contributed by atoms with Gasteiger partial charge in [0, 0.05) is 18.8 Å². The first-order valence-electron chi connectivity index (χ1n) is 7.70. The van der Waals surface area contributed by atoms with Crippen LogP contribution in [0.5, 0.6) is 0 Å². The number of benzene rings is 1. The molecule has 1 atom stereocenters. The van der Waals surface area contributed by atoms with Crippen LogP contribution in [0.2, 0.25) is 0 Å². The molecule has 3 aromatic rings. The molecule has 1 aromatic carbocycles. The Hall–Kier alpha value is -3.14. The average Bonchev–Trinajstić information content (AvgIpc) is 2.67. The van der Waals surface area contributed by atoms with Crippen LogP contribution in [-0.4, -0.2) is 21.5 Å². The van der Waals surface area contributed by atoms with E-state index in [-0.39, 0.29) is 18.0 Å². The normalized spacial score (nSPS) is 11.7. The molecule has 0 saturated heterocycles. The van der Waals surface area contributed by atoms with E-state index >= 15 is 0 Å². The van der Waals surface area contributed by atoms with Crippen molar-refractivity contribution in [1.29, 1.82) is 0 Å². The Morgan fingerprint density at radius 3 is 1.92 bits per heavy atom. The van der Waals surface area contributed by atoms with Crippen molar-refractivity contribution in [3.05, 3.63) is 96.1 Å². The van der Waals surface area contributed by atoms with Crippen LogP contribution in [-0.2, 0) is 0 Å². The minimum absolute atomic E-state index is 0.0659. The van der Waals surface area contributed by atoms with Gasteiger partial charge >= 0.3 is 0 Å². The van der Waals surface area contributed by atoms with Crippen LogP contribution < -0.4 is 0 Å². The minimum Gasteiger partial charge on any atom is -0.292 e. The van der Waals surface area contributed by atoms with Crippen molar-refractivity contribution < 1.29 is 9.59 Å². The van der Waals surface area contributed by atoms with Gasteiger partial charge < -0.3 is 0 Å². The van der Waals surface area contributed by atoms with E-state index in [1.807, 2.05) is 30.3 Å². The zero-order chi connectivity index (χ0) is 16.8. The molecule has 2 heterocycles. The molecule has 4 nitrogen and oxygen atoms in total. The predicted octanol–water partition coefficient (Wildman–Crippen LogP) is 3.72. The van der Waals surface area contributed by atoms with E-state index in [9.17, 15) is 9.59 Å². The monoisotopic (exact) mass is 316 g/mol. The summed E-state index contributed by atoms with van der Waals surface area (Å²) in [5.74, 6) is -0.893. The fourth-order valence-corrected chi connectivity index (χ4v) is 2.55. The number of hydrogen-bond donors (Lipinski definition) is 0. The first-order chi connectivity index (χ1) is 11.8. The molecule has 0 amide bonds. The first-order valence-corrected chi connectivity index (χ1v) is 7.70. The summed E-state index contributed by atoms with van der Waals surface area (Å²) < 4.78 is 0. The van der Waals surface area contributed by atoms with Gasteiger partial charge in [0.1, 0.15) is 11.4 Å². The van der Waals surface area contributed by atoms with E-state index in [0.717, 1.165) is 5.56 Å². The Morgan fingerprint density at radius 2 is 1.33 bits per heavy atom. The average molecular weight is 316 g/mol. The number of pyridine rings is 2. The molecule has 4 heteroatoms. The van der Waals surface area contributed by atoms with Gasteiger partial charge in [-0.05, 0) is 29.8 Å². The highest BCUT2D eigenvalue weighted by molar-refractivity contribution is 6.04. The Labute approximate surface area is 140 Å². The van der Waals surface area contributed by atoms with Gasteiger partial charge in [-0.15, -0.1) is 0 Å². The first kappa shape index (κ1) is 15.7. The Balaban J connectivity index is 1.91. The summed E-state index contributed by atoms with van der Waals surface area (Å²) in [6.07, 6.45) is 3.22.